The van der Waals surface area contributed by atoms with Crippen molar-refractivity contribution in [2.24, 2.45) is 0 Å². The second-order valence-corrected chi connectivity index (χ2v) is 7.91. The Labute approximate surface area is 159 Å². The molecule has 0 aromatic heterocycles. The predicted octanol–water partition coefficient (Wildman–Crippen LogP) is 2.46. The van der Waals surface area contributed by atoms with Crippen LogP contribution in [0.25, 0.3) is 0 Å². The molecule has 3 rings (SSSR count). The number of ether oxygens (including phenoxy) is 1. The summed E-state index contributed by atoms with van der Waals surface area (Å²) in [5.41, 5.74) is -0.0413. The lowest BCUT2D eigenvalue weighted by Gasteiger charge is -2.27. The number of carbonyl (C=O) groups excluding carboxylic acids is 1. The zero-order valence-electron chi connectivity index (χ0n) is 14.4. The van der Waals surface area contributed by atoms with E-state index in [1.54, 1.807) is 30.3 Å². The summed E-state index contributed by atoms with van der Waals surface area (Å²) in [7, 11) is -3.43. The highest BCUT2D eigenvalue weighted by molar-refractivity contribution is 7.94. The molecule has 0 fully saturated rings. The molecule has 0 unspecified atom stereocenters. The molecule has 1 atom stereocenters. The molecule has 1 heterocycles. The van der Waals surface area contributed by atoms with Crippen molar-refractivity contribution >= 4 is 27.1 Å². The van der Waals surface area contributed by atoms with Crippen LogP contribution in [-0.4, -0.2) is 37.6 Å². The second-order valence-electron chi connectivity index (χ2n) is 5.98. The molecule has 10 heteroatoms. The molecule has 0 aliphatic carbocycles. The van der Waals surface area contributed by atoms with Gasteiger partial charge in [-0.05, 0) is 24.3 Å². The molecule has 28 heavy (non-hydrogen) atoms. The van der Waals surface area contributed by atoms with E-state index in [0.717, 1.165) is 23.6 Å². The summed E-state index contributed by atoms with van der Waals surface area (Å²) in [4.78, 5) is 24.3. The van der Waals surface area contributed by atoms with E-state index in [1.165, 1.54) is 11.0 Å². The third-order valence-corrected chi connectivity index (χ3v) is 5.39. The van der Waals surface area contributed by atoms with Crippen molar-refractivity contribution in [1.82, 2.24) is 0 Å². The van der Waals surface area contributed by atoms with Crippen LogP contribution in [0.4, 0.5) is 15.8 Å². The van der Waals surface area contributed by atoms with Crippen LogP contribution in [0.1, 0.15) is 0 Å². The van der Waals surface area contributed by atoms with E-state index in [1.807, 2.05) is 0 Å². The summed E-state index contributed by atoms with van der Waals surface area (Å²) in [5.74, 6) is -2.05. The van der Waals surface area contributed by atoms with Gasteiger partial charge in [-0.3, -0.25) is 14.9 Å². The molecule has 1 aliphatic heterocycles. The van der Waals surface area contributed by atoms with Crippen LogP contribution in [0, 0.1) is 15.9 Å². The number of nitro groups is 1. The number of benzene rings is 2. The fourth-order valence-electron chi connectivity index (χ4n) is 2.79. The number of rotatable bonds is 6. The Kier molecular flexibility index (Phi) is 5.41. The Morgan fingerprint density at radius 3 is 2.57 bits per heavy atom. The maximum absolute atomic E-state index is 13.4. The molecule has 0 bridgehead atoms. The van der Waals surface area contributed by atoms with Gasteiger partial charge in [-0.15, -0.1) is 0 Å². The number of carbonyl (C=O) groups is 1. The van der Waals surface area contributed by atoms with Gasteiger partial charge in [0.25, 0.3) is 5.91 Å². The normalized spacial score (nSPS) is 17.2. The Morgan fingerprint density at radius 1 is 1.25 bits per heavy atom. The highest BCUT2D eigenvalue weighted by atomic mass is 32.2. The largest absolute Gasteiger partial charge is 0.477 e. The monoisotopic (exact) mass is 406 g/mol. The molecular formula is C18H15FN2O6S. The molecule has 1 aliphatic rings. The Morgan fingerprint density at radius 2 is 1.96 bits per heavy atom. The van der Waals surface area contributed by atoms with E-state index >= 15 is 0 Å². The van der Waals surface area contributed by atoms with Gasteiger partial charge in [0.05, 0.1) is 16.7 Å². The van der Waals surface area contributed by atoms with Gasteiger partial charge in [-0.2, -0.15) is 0 Å². The van der Waals surface area contributed by atoms with Crippen molar-refractivity contribution in [3.05, 3.63) is 75.9 Å². The van der Waals surface area contributed by atoms with Crippen molar-refractivity contribution < 1.29 is 27.3 Å². The van der Waals surface area contributed by atoms with Gasteiger partial charge in [0, 0.05) is 23.2 Å². The first kappa shape index (κ1) is 19.5. The molecule has 0 radical (unpaired) electrons. The zero-order chi connectivity index (χ0) is 20.3. The van der Waals surface area contributed by atoms with Gasteiger partial charge in [-0.25, -0.2) is 12.8 Å². The SMILES string of the molecule is O=C(COc1cc(F)ccc1[N+](=O)[O-])N(c1ccccc1)[C@@H]1C=CS(=O)(=O)C1. The summed E-state index contributed by atoms with van der Waals surface area (Å²) in [6.07, 6.45) is 1.39. The number of anilines is 1. The molecule has 0 spiro atoms. The topological polar surface area (TPSA) is 107 Å². The molecular weight excluding hydrogens is 391 g/mol. The average Bonchev–Trinajstić information content (AvgIpc) is 3.00. The first-order valence-electron chi connectivity index (χ1n) is 8.11. The van der Waals surface area contributed by atoms with Crippen LogP contribution in [0.3, 0.4) is 0 Å². The van der Waals surface area contributed by atoms with Crippen LogP contribution in [0.2, 0.25) is 0 Å². The third kappa shape index (κ3) is 4.34. The van der Waals surface area contributed by atoms with Crippen LogP contribution < -0.4 is 9.64 Å². The van der Waals surface area contributed by atoms with E-state index in [2.05, 4.69) is 0 Å². The number of nitrogens with zero attached hydrogens (tertiary/aromatic N) is 2. The average molecular weight is 406 g/mol. The number of nitro benzene ring substituents is 1. The predicted molar refractivity (Wildman–Crippen MR) is 99.2 cm³/mol. The molecule has 0 N–H and O–H groups in total. The summed E-state index contributed by atoms with van der Waals surface area (Å²) in [6, 6.07) is 10.3. The summed E-state index contributed by atoms with van der Waals surface area (Å²) >= 11 is 0. The number of hydrogen-bond acceptors (Lipinski definition) is 6. The Balaban J connectivity index is 1.84. The Bertz CT molecular complexity index is 1040. The minimum atomic E-state index is -3.43. The van der Waals surface area contributed by atoms with E-state index in [0.29, 0.717) is 5.69 Å². The second kappa shape index (κ2) is 7.77. The van der Waals surface area contributed by atoms with E-state index in [4.69, 9.17) is 4.74 Å². The van der Waals surface area contributed by atoms with Crippen LogP contribution in [-0.2, 0) is 14.6 Å². The zero-order valence-corrected chi connectivity index (χ0v) is 15.2. The van der Waals surface area contributed by atoms with Crippen molar-refractivity contribution in [2.75, 3.05) is 17.3 Å². The van der Waals surface area contributed by atoms with E-state index in [9.17, 15) is 27.7 Å². The smallest absolute Gasteiger partial charge is 0.311 e. The first-order chi connectivity index (χ1) is 13.3. The van der Waals surface area contributed by atoms with Crippen molar-refractivity contribution in [1.29, 1.82) is 0 Å². The lowest BCUT2D eigenvalue weighted by atomic mass is 10.2. The fraction of sp³-hybridized carbons (Fsp3) is 0.167. The molecule has 2 aromatic rings. The Hall–Kier alpha value is -3.27. The van der Waals surface area contributed by atoms with Gasteiger partial charge >= 0.3 is 5.69 Å². The molecule has 1 amide bonds. The van der Waals surface area contributed by atoms with Gasteiger partial charge in [0.2, 0.25) is 5.75 Å². The number of amides is 1. The highest BCUT2D eigenvalue weighted by Gasteiger charge is 2.32. The van der Waals surface area contributed by atoms with Crippen LogP contribution >= 0.6 is 0 Å². The van der Waals surface area contributed by atoms with Crippen LogP contribution in [0.15, 0.2) is 60.0 Å². The summed E-state index contributed by atoms with van der Waals surface area (Å²) < 4.78 is 42.2. The van der Waals surface area contributed by atoms with Gasteiger partial charge in [0.1, 0.15) is 5.82 Å². The standard InChI is InChI=1S/C18H15FN2O6S/c19-13-6-7-16(21(23)24)17(10-13)27-11-18(22)20(14-4-2-1-3-5-14)15-8-9-28(25,26)12-15/h1-10,15H,11-12H2/t15-/m1/s1. The summed E-state index contributed by atoms with van der Waals surface area (Å²) in [5, 5.41) is 12.1. The quantitative estimate of drug-likeness (QED) is 0.539. The maximum Gasteiger partial charge on any atom is 0.311 e. The number of hydrogen-bond donors (Lipinski definition) is 0. The van der Waals surface area contributed by atoms with E-state index in [-0.39, 0.29) is 11.5 Å². The lowest BCUT2D eigenvalue weighted by Crippen LogP contribution is -2.43. The molecule has 0 saturated heterocycles. The van der Waals surface area contributed by atoms with Crippen molar-refractivity contribution in [3.8, 4) is 5.75 Å². The van der Waals surface area contributed by atoms with Gasteiger partial charge in [-0.1, -0.05) is 18.2 Å². The third-order valence-electron chi connectivity index (χ3n) is 4.02. The van der Waals surface area contributed by atoms with Crippen molar-refractivity contribution in [2.45, 2.75) is 6.04 Å². The van der Waals surface area contributed by atoms with Crippen molar-refractivity contribution in [3.63, 3.8) is 0 Å². The number of para-hydroxylation sites is 1. The molecule has 146 valence electrons. The number of halogens is 1. The molecule has 0 saturated carbocycles. The van der Waals surface area contributed by atoms with E-state index < -0.39 is 44.8 Å². The summed E-state index contributed by atoms with van der Waals surface area (Å²) in [6.45, 7) is -0.635. The molecule has 8 nitrogen and oxygen atoms in total. The van der Waals surface area contributed by atoms with Crippen LogP contribution in [0.5, 0.6) is 5.75 Å². The fourth-order valence-corrected chi connectivity index (χ4v) is 4.06. The lowest BCUT2D eigenvalue weighted by molar-refractivity contribution is -0.385. The van der Waals surface area contributed by atoms with Gasteiger partial charge in [0.15, 0.2) is 16.4 Å². The maximum atomic E-state index is 13.4. The molecule has 2 aromatic carbocycles. The first-order valence-corrected chi connectivity index (χ1v) is 9.83. The minimum absolute atomic E-state index is 0.284. The minimum Gasteiger partial charge on any atom is -0.477 e. The number of sulfone groups is 1. The highest BCUT2D eigenvalue weighted by Crippen LogP contribution is 2.28. The van der Waals surface area contributed by atoms with Gasteiger partial charge < -0.3 is 9.64 Å².